The van der Waals surface area contributed by atoms with E-state index in [4.69, 9.17) is 4.74 Å². The fraction of sp³-hybridized carbons (Fsp3) is 0.588. The highest BCUT2D eigenvalue weighted by molar-refractivity contribution is 14.0. The molecule has 0 aliphatic rings. The zero-order chi connectivity index (χ0) is 15.9. The maximum absolute atomic E-state index is 5.21. The monoisotopic (exact) mass is 419 g/mol. The lowest BCUT2D eigenvalue weighted by molar-refractivity contribution is 0.414. The molecule has 1 aromatic rings. The first-order valence-corrected chi connectivity index (χ1v) is 7.48. The summed E-state index contributed by atoms with van der Waals surface area (Å²) >= 11 is 0. The lowest BCUT2D eigenvalue weighted by Gasteiger charge is -2.27. The molecule has 0 bridgehead atoms. The summed E-state index contributed by atoms with van der Waals surface area (Å²) < 4.78 is 5.21. The first-order chi connectivity index (χ1) is 9.89. The molecule has 0 saturated carbocycles. The number of guanidine groups is 1. The largest absolute Gasteiger partial charge is 0.497 e. The van der Waals surface area contributed by atoms with Crippen molar-refractivity contribution >= 4 is 29.9 Å². The van der Waals surface area contributed by atoms with E-state index in [-0.39, 0.29) is 29.4 Å². The van der Waals surface area contributed by atoms with Crippen molar-refractivity contribution < 1.29 is 4.74 Å². The number of halogens is 1. The van der Waals surface area contributed by atoms with Crippen LogP contribution in [0.3, 0.4) is 0 Å². The molecule has 1 aromatic carbocycles. The third kappa shape index (κ3) is 6.85. The number of hydrogen-bond donors (Lipinski definition) is 2. The van der Waals surface area contributed by atoms with E-state index in [1.165, 1.54) is 5.56 Å². The zero-order valence-electron chi connectivity index (χ0n) is 14.6. The lowest BCUT2D eigenvalue weighted by Crippen LogP contribution is -2.44. The molecule has 0 atom stereocenters. The molecular formula is C17H30IN3O. The van der Waals surface area contributed by atoms with Crippen LogP contribution < -0.4 is 15.4 Å². The van der Waals surface area contributed by atoms with Gasteiger partial charge in [0.25, 0.3) is 0 Å². The smallest absolute Gasteiger partial charge is 0.191 e. The SMILES string of the molecule is CN=C(NCC(C)C)NCC(C)(C)c1ccc(OC)cc1.I. The van der Waals surface area contributed by atoms with E-state index < -0.39 is 0 Å². The Hall–Kier alpha value is -0.980. The molecule has 0 unspecified atom stereocenters. The summed E-state index contributed by atoms with van der Waals surface area (Å²) in [5.74, 6) is 2.33. The van der Waals surface area contributed by atoms with Gasteiger partial charge in [0.15, 0.2) is 5.96 Å². The second kappa shape index (κ2) is 9.92. The number of aliphatic imine (C=N–C) groups is 1. The Morgan fingerprint density at radius 1 is 1.18 bits per heavy atom. The number of methoxy groups -OCH3 is 1. The Kier molecular flexibility index (Phi) is 9.48. The molecule has 22 heavy (non-hydrogen) atoms. The van der Waals surface area contributed by atoms with Gasteiger partial charge in [-0.1, -0.05) is 39.8 Å². The Bertz CT molecular complexity index is 455. The average Bonchev–Trinajstić information content (AvgIpc) is 2.47. The molecule has 0 saturated heterocycles. The third-order valence-corrected chi connectivity index (χ3v) is 3.47. The van der Waals surface area contributed by atoms with Crippen LogP contribution in [0.5, 0.6) is 5.75 Å². The number of rotatable bonds is 6. The molecule has 0 amide bonds. The van der Waals surface area contributed by atoms with Crippen molar-refractivity contribution in [1.29, 1.82) is 0 Å². The summed E-state index contributed by atoms with van der Waals surface area (Å²) in [6, 6.07) is 8.24. The van der Waals surface area contributed by atoms with Crippen LogP contribution in [-0.2, 0) is 5.41 Å². The molecule has 5 heteroatoms. The first kappa shape index (κ1) is 21.0. The maximum Gasteiger partial charge on any atom is 0.191 e. The second-order valence-corrected chi connectivity index (χ2v) is 6.31. The fourth-order valence-electron chi connectivity index (χ4n) is 1.97. The normalized spacial score (nSPS) is 11.9. The van der Waals surface area contributed by atoms with Crippen molar-refractivity contribution in [3.05, 3.63) is 29.8 Å². The van der Waals surface area contributed by atoms with Gasteiger partial charge in [-0.05, 0) is 23.6 Å². The van der Waals surface area contributed by atoms with Gasteiger partial charge in [-0.25, -0.2) is 0 Å². The van der Waals surface area contributed by atoms with Gasteiger partial charge in [0.2, 0.25) is 0 Å². The van der Waals surface area contributed by atoms with E-state index in [2.05, 4.69) is 55.5 Å². The number of ether oxygens (including phenoxy) is 1. The summed E-state index contributed by atoms with van der Waals surface area (Å²) in [6.07, 6.45) is 0. The third-order valence-electron chi connectivity index (χ3n) is 3.47. The van der Waals surface area contributed by atoms with Crippen LogP contribution in [0, 0.1) is 5.92 Å². The number of nitrogens with zero attached hydrogens (tertiary/aromatic N) is 1. The molecule has 0 aliphatic carbocycles. The molecule has 0 aliphatic heterocycles. The van der Waals surface area contributed by atoms with E-state index in [0.717, 1.165) is 24.8 Å². The van der Waals surface area contributed by atoms with Crippen molar-refractivity contribution in [3.8, 4) is 5.75 Å². The molecule has 2 N–H and O–H groups in total. The number of hydrogen-bond acceptors (Lipinski definition) is 2. The zero-order valence-corrected chi connectivity index (χ0v) is 16.9. The minimum atomic E-state index is 0. The van der Waals surface area contributed by atoms with Gasteiger partial charge in [0, 0.05) is 25.6 Å². The first-order valence-electron chi connectivity index (χ1n) is 7.48. The molecule has 1 rings (SSSR count). The molecule has 0 spiro atoms. The summed E-state index contributed by atoms with van der Waals surface area (Å²) in [5, 5.41) is 6.73. The molecule has 0 radical (unpaired) electrons. The van der Waals surface area contributed by atoms with E-state index >= 15 is 0 Å². The number of nitrogens with one attached hydrogen (secondary N) is 2. The molecular weight excluding hydrogens is 389 g/mol. The van der Waals surface area contributed by atoms with Crippen LogP contribution in [0.25, 0.3) is 0 Å². The van der Waals surface area contributed by atoms with Gasteiger partial charge >= 0.3 is 0 Å². The Morgan fingerprint density at radius 3 is 2.23 bits per heavy atom. The lowest BCUT2D eigenvalue weighted by atomic mass is 9.84. The van der Waals surface area contributed by atoms with Crippen molar-refractivity contribution in [1.82, 2.24) is 10.6 Å². The van der Waals surface area contributed by atoms with Crippen LogP contribution in [-0.4, -0.2) is 33.2 Å². The van der Waals surface area contributed by atoms with Crippen molar-refractivity contribution in [2.45, 2.75) is 33.1 Å². The predicted molar refractivity (Wildman–Crippen MR) is 106 cm³/mol. The maximum atomic E-state index is 5.21. The van der Waals surface area contributed by atoms with Gasteiger partial charge < -0.3 is 15.4 Å². The molecule has 0 fully saturated rings. The quantitative estimate of drug-likeness (QED) is 0.422. The van der Waals surface area contributed by atoms with E-state index in [0.29, 0.717) is 5.92 Å². The van der Waals surface area contributed by atoms with Gasteiger partial charge in [0.1, 0.15) is 5.75 Å². The van der Waals surface area contributed by atoms with Crippen molar-refractivity contribution in [2.75, 3.05) is 27.2 Å². The minimum Gasteiger partial charge on any atom is -0.497 e. The van der Waals surface area contributed by atoms with E-state index in [9.17, 15) is 0 Å². The van der Waals surface area contributed by atoms with Crippen LogP contribution in [0.15, 0.2) is 29.3 Å². The van der Waals surface area contributed by atoms with Gasteiger partial charge in [-0.2, -0.15) is 0 Å². The predicted octanol–water partition coefficient (Wildman–Crippen LogP) is 3.41. The topological polar surface area (TPSA) is 45.7 Å². The minimum absolute atomic E-state index is 0. The van der Waals surface area contributed by atoms with Crippen LogP contribution in [0.2, 0.25) is 0 Å². The van der Waals surface area contributed by atoms with Gasteiger partial charge in [-0.15, -0.1) is 24.0 Å². The van der Waals surface area contributed by atoms with Gasteiger partial charge in [0.05, 0.1) is 7.11 Å². The van der Waals surface area contributed by atoms with Crippen LogP contribution in [0.1, 0.15) is 33.3 Å². The standard InChI is InChI=1S/C17H29N3O.HI/c1-13(2)11-19-16(18-5)20-12-17(3,4)14-7-9-15(21-6)10-8-14;/h7-10,13H,11-12H2,1-6H3,(H2,18,19,20);1H. The van der Waals surface area contributed by atoms with Gasteiger partial charge in [-0.3, -0.25) is 4.99 Å². The van der Waals surface area contributed by atoms with E-state index in [1.807, 2.05) is 12.1 Å². The molecule has 0 heterocycles. The summed E-state index contributed by atoms with van der Waals surface area (Å²) in [6.45, 7) is 10.5. The van der Waals surface area contributed by atoms with Crippen molar-refractivity contribution in [2.24, 2.45) is 10.9 Å². The summed E-state index contributed by atoms with van der Waals surface area (Å²) in [7, 11) is 3.49. The Labute approximate surface area is 152 Å². The average molecular weight is 419 g/mol. The highest BCUT2D eigenvalue weighted by atomic mass is 127. The summed E-state index contributed by atoms with van der Waals surface area (Å²) in [4.78, 5) is 4.26. The van der Waals surface area contributed by atoms with Crippen LogP contribution >= 0.6 is 24.0 Å². The fourth-order valence-corrected chi connectivity index (χ4v) is 1.97. The highest BCUT2D eigenvalue weighted by Crippen LogP contribution is 2.24. The summed E-state index contributed by atoms with van der Waals surface area (Å²) in [5.41, 5.74) is 1.29. The molecule has 4 nitrogen and oxygen atoms in total. The number of benzene rings is 1. The molecule has 0 aromatic heterocycles. The molecule has 126 valence electrons. The Morgan fingerprint density at radius 2 is 1.77 bits per heavy atom. The Balaban J connectivity index is 0.00000441. The second-order valence-electron chi connectivity index (χ2n) is 6.31. The van der Waals surface area contributed by atoms with Crippen LogP contribution in [0.4, 0.5) is 0 Å². The highest BCUT2D eigenvalue weighted by Gasteiger charge is 2.21. The van der Waals surface area contributed by atoms with E-state index in [1.54, 1.807) is 14.2 Å². The van der Waals surface area contributed by atoms with Crippen molar-refractivity contribution in [3.63, 3.8) is 0 Å².